The molecule has 100 valence electrons. The summed E-state index contributed by atoms with van der Waals surface area (Å²) in [6.45, 7) is 0.713. The quantitative estimate of drug-likeness (QED) is 0.681. The highest BCUT2D eigenvalue weighted by atomic mass is 35.5. The summed E-state index contributed by atoms with van der Waals surface area (Å²) in [5.74, 6) is 0.806. The van der Waals surface area contributed by atoms with Crippen LogP contribution in [0.5, 0.6) is 0 Å². The average Bonchev–Trinajstić information content (AvgIpc) is 3.07. The van der Waals surface area contributed by atoms with Gasteiger partial charge in [-0.05, 0) is 30.7 Å². The lowest BCUT2D eigenvalue weighted by Crippen LogP contribution is -2.21. The molecule has 1 aromatic carbocycles. The molecule has 0 unspecified atom stereocenters. The number of nitrogens with zero attached hydrogens (tertiary/aromatic N) is 5. The summed E-state index contributed by atoms with van der Waals surface area (Å²) in [5, 5.41) is 8.67. The van der Waals surface area contributed by atoms with Gasteiger partial charge in [-0.25, -0.2) is 4.98 Å². The molecule has 0 saturated heterocycles. The molecule has 20 heavy (non-hydrogen) atoms. The van der Waals surface area contributed by atoms with Crippen molar-refractivity contribution in [1.82, 2.24) is 24.5 Å². The van der Waals surface area contributed by atoms with Gasteiger partial charge in [0.1, 0.15) is 5.82 Å². The largest absolute Gasteiger partial charge is 0.295 e. The second-order valence-electron chi connectivity index (χ2n) is 4.74. The van der Waals surface area contributed by atoms with Crippen molar-refractivity contribution >= 4 is 22.8 Å². The maximum Gasteiger partial charge on any atom is 0.283 e. The highest BCUT2D eigenvalue weighted by molar-refractivity contribution is 6.30. The van der Waals surface area contributed by atoms with E-state index in [2.05, 4.69) is 15.3 Å². The summed E-state index contributed by atoms with van der Waals surface area (Å²) >= 11 is 5.88. The molecule has 2 aromatic heterocycles. The van der Waals surface area contributed by atoms with Crippen molar-refractivity contribution in [2.24, 2.45) is 0 Å². The Labute approximate surface area is 118 Å². The van der Waals surface area contributed by atoms with Gasteiger partial charge in [-0.1, -0.05) is 16.8 Å². The average molecular weight is 288 g/mol. The smallest absolute Gasteiger partial charge is 0.283 e. The van der Waals surface area contributed by atoms with Gasteiger partial charge in [0.05, 0.1) is 5.69 Å². The van der Waals surface area contributed by atoms with Gasteiger partial charge in [-0.15, -0.1) is 5.10 Å². The number of aromatic nitrogens is 5. The van der Waals surface area contributed by atoms with Crippen molar-refractivity contribution in [3.63, 3.8) is 0 Å². The van der Waals surface area contributed by atoms with Gasteiger partial charge in [0.15, 0.2) is 11.2 Å². The van der Waals surface area contributed by atoms with Crippen molar-refractivity contribution in [3.8, 4) is 5.69 Å². The highest BCUT2D eigenvalue weighted by Gasteiger charge is 2.20. The van der Waals surface area contributed by atoms with Crippen LogP contribution in [0.4, 0.5) is 0 Å². The molecular weight excluding hydrogens is 278 g/mol. The second kappa shape index (κ2) is 4.14. The van der Waals surface area contributed by atoms with E-state index in [1.807, 2.05) is 12.1 Å². The van der Waals surface area contributed by atoms with E-state index in [1.165, 1.54) is 0 Å². The molecule has 0 bridgehead atoms. The Morgan fingerprint density at radius 1 is 1.20 bits per heavy atom. The summed E-state index contributed by atoms with van der Waals surface area (Å²) in [4.78, 5) is 16.8. The number of halogens is 1. The van der Waals surface area contributed by atoms with Gasteiger partial charge >= 0.3 is 0 Å². The third-order valence-corrected chi connectivity index (χ3v) is 3.75. The molecule has 0 fully saturated rings. The molecule has 0 N–H and O–H groups in total. The van der Waals surface area contributed by atoms with Crippen LogP contribution in [-0.4, -0.2) is 24.5 Å². The molecule has 1 aliphatic rings. The van der Waals surface area contributed by atoms with E-state index in [0.717, 1.165) is 24.4 Å². The van der Waals surface area contributed by atoms with Gasteiger partial charge < -0.3 is 0 Å². The standard InChI is InChI=1S/C13H10ClN5O/c14-8-3-5-9(6-4-8)19-12-11(16-17-19)13(20)18-7-1-2-10(18)15-12/h3-6H,1-2,7H2. The van der Waals surface area contributed by atoms with E-state index in [4.69, 9.17) is 11.6 Å². The van der Waals surface area contributed by atoms with Crippen molar-refractivity contribution in [1.29, 1.82) is 0 Å². The minimum Gasteiger partial charge on any atom is -0.295 e. The van der Waals surface area contributed by atoms with E-state index in [1.54, 1.807) is 21.4 Å². The van der Waals surface area contributed by atoms with Crippen LogP contribution in [0.2, 0.25) is 5.02 Å². The predicted octanol–water partition coefficient (Wildman–Crippen LogP) is 1.58. The fraction of sp³-hybridized carbons (Fsp3) is 0.231. The van der Waals surface area contributed by atoms with Crippen LogP contribution in [0.25, 0.3) is 16.9 Å². The van der Waals surface area contributed by atoms with Crippen LogP contribution >= 0.6 is 11.6 Å². The SMILES string of the molecule is O=c1c2nnn(-c3ccc(Cl)cc3)c2nc2n1CCC2. The van der Waals surface area contributed by atoms with E-state index in [-0.39, 0.29) is 5.56 Å². The lowest BCUT2D eigenvalue weighted by Gasteiger charge is -2.04. The topological polar surface area (TPSA) is 65.6 Å². The van der Waals surface area contributed by atoms with Crippen LogP contribution in [0.3, 0.4) is 0 Å². The van der Waals surface area contributed by atoms with Gasteiger partial charge in [0.2, 0.25) is 0 Å². The number of benzene rings is 1. The Hall–Kier alpha value is -2.21. The first-order valence-corrected chi connectivity index (χ1v) is 6.73. The Kier molecular flexibility index (Phi) is 2.40. The molecule has 6 nitrogen and oxygen atoms in total. The van der Waals surface area contributed by atoms with Crippen molar-refractivity contribution in [2.45, 2.75) is 19.4 Å². The summed E-state index contributed by atoms with van der Waals surface area (Å²) < 4.78 is 3.26. The van der Waals surface area contributed by atoms with Gasteiger partial charge in [-0.3, -0.25) is 9.36 Å². The predicted molar refractivity (Wildman–Crippen MR) is 74.3 cm³/mol. The second-order valence-corrected chi connectivity index (χ2v) is 5.17. The summed E-state index contributed by atoms with van der Waals surface area (Å²) in [5.41, 5.74) is 1.49. The van der Waals surface area contributed by atoms with Crippen molar-refractivity contribution in [2.75, 3.05) is 0 Å². The normalized spacial score (nSPS) is 13.8. The number of fused-ring (bicyclic) bond motifs is 2. The number of hydrogen-bond acceptors (Lipinski definition) is 4. The Balaban J connectivity index is 2.00. The Bertz CT molecular complexity index is 865. The molecule has 0 spiro atoms. The molecule has 1 aliphatic heterocycles. The zero-order chi connectivity index (χ0) is 13.7. The molecule has 0 saturated carbocycles. The van der Waals surface area contributed by atoms with Crippen molar-refractivity contribution < 1.29 is 0 Å². The molecule has 3 heterocycles. The van der Waals surface area contributed by atoms with E-state index >= 15 is 0 Å². The zero-order valence-corrected chi connectivity index (χ0v) is 11.2. The van der Waals surface area contributed by atoms with Crippen LogP contribution in [0.1, 0.15) is 12.2 Å². The van der Waals surface area contributed by atoms with Crippen LogP contribution in [-0.2, 0) is 13.0 Å². The minimum absolute atomic E-state index is 0.109. The Morgan fingerprint density at radius 3 is 2.80 bits per heavy atom. The zero-order valence-electron chi connectivity index (χ0n) is 10.5. The third kappa shape index (κ3) is 1.58. The molecule has 0 aliphatic carbocycles. The molecule has 0 radical (unpaired) electrons. The van der Waals surface area contributed by atoms with Crippen LogP contribution in [0.15, 0.2) is 29.1 Å². The first-order chi connectivity index (χ1) is 9.74. The molecule has 4 rings (SSSR count). The molecule has 7 heteroatoms. The van der Waals surface area contributed by atoms with Crippen LogP contribution < -0.4 is 5.56 Å². The Morgan fingerprint density at radius 2 is 2.00 bits per heavy atom. The number of hydrogen-bond donors (Lipinski definition) is 0. The van der Waals surface area contributed by atoms with Crippen LogP contribution in [0, 0.1) is 0 Å². The molecule has 3 aromatic rings. The maximum absolute atomic E-state index is 12.3. The number of rotatable bonds is 1. The monoisotopic (exact) mass is 287 g/mol. The lowest BCUT2D eigenvalue weighted by molar-refractivity contribution is 0.717. The van der Waals surface area contributed by atoms with Gasteiger partial charge in [0.25, 0.3) is 5.56 Å². The molecule has 0 atom stereocenters. The number of aryl methyl sites for hydroxylation is 1. The fourth-order valence-corrected chi connectivity index (χ4v) is 2.64. The van der Waals surface area contributed by atoms with E-state index in [0.29, 0.717) is 22.7 Å². The first kappa shape index (κ1) is 11.6. The highest BCUT2D eigenvalue weighted by Crippen LogP contribution is 2.17. The van der Waals surface area contributed by atoms with E-state index in [9.17, 15) is 4.79 Å². The molecular formula is C13H10ClN5O. The van der Waals surface area contributed by atoms with Crippen molar-refractivity contribution in [3.05, 3.63) is 45.5 Å². The first-order valence-electron chi connectivity index (χ1n) is 6.35. The third-order valence-electron chi connectivity index (χ3n) is 3.49. The minimum atomic E-state index is -0.109. The maximum atomic E-state index is 12.3. The molecule has 0 amide bonds. The lowest BCUT2D eigenvalue weighted by atomic mass is 10.3. The summed E-state index contributed by atoms with van der Waals surface area (Å²) in [7, 11) is 0. The summed E-state index contributed by atoms with van der Waals surface area (Å²) in [6, 6.07) is 7.18. The van der Waals surface area contributed by atoms with E-state index < -0.39 is 0 Å². The fourth-order valence-electron chi connectivity index (χ4n) is 2.52. The van der Waals surface area contributed by atoms with Gasteiger partial charge in [-0.2, -0.15) is 4.68 Å². The van der Waals surface area contributed by atoms with Gasteiger partial charge in [0, 0.05) is 18.0 Å². The summed E-state index contributed by atoms with van der Waals surface area (Å²) in [6.07, 6.45) is 1.76.